The van der Waals surface area contributed by atoms with E-state index in [1.54, 1.807) is 6.92 Å². The van der Waals surface area contributed by atoms with Crippen molar-refractivity contribution in [3.63, 3.8) is 0 Å². The molecule has 0 radical (unpaired) electrons. The first-order valence-corrected chi connectivity index (χ1v) is 8.70. The van der Waals surface area contributed by atoms with Crippen LogP contribution >= 0.6 is 23.5 Å². The molecular formula is C16H20OS2. The number of benzene rings is 1. The lowest BCUT2D eigenvalue weighted by molar-refractivity contribution is -0.117. The summed E-state index contributed by atoms with van der Waals surface area (Å²) in [5.74, 6) is 2.97. The fourth-order valence-electron chi connectivity index (χ4n) is 2.34. The monoisotopic (exact) mass is 292 g/mol. The molecule has 1 atom stereocenters. The molecular weight excluding hydrogens is 272 g/mol. The molecule has 1 heterocycles. The minimum Gasteiger partial charge on any atom is -0.300 e. The first-order chi connectivity index (χ1) is 9.18. The molecule has 0 bridgehead atoms. The summed E-state index contributed by atoms with van der Waals surface area (Å²) in [7, 11) is 0. The topological polar surface area (TPSA) is 17.1 Å². The van der Waals surface area contributed by atoms with Crippen molar-refractivity contribution in [1.82, 2.24) is 0 Å². The van der Waals surface area contributed by atoms with Crippen LogP contribution in [0.4, 0.5) is 0 Å². The molecule has 0 amide bonds. The highest BCUT2D eigenvalue weighted by Gasteiger charge is 2.20. The maximum atomic E-state index is 11.4. The molecule has 19 heavy (non-hydrogen) atoms. The lowest BCUT2D eigenvalue weighted by Gasteiger charge is -2.22. The number of thioether (sulfide) groups is 2. The summed E-state index contributed by atoms with van der Waals surface area (Å²) in [5.41, 5.74) is 2.64. The molecule has 1 nitrogen and oxygen atoms in total. The minimum absolute atomic E-state index is 0.271. The van der Waals surface area contributed by atoms with Gasteiger partial charge in [-0.05, 0) is 41.9 Å². The Kier molecular flexibility index (Phi) is 5.59. The van der Waals surface area contributed by atoms with Gasteiger partial charge in [0, 0.05) is 10.7 Å². The molecule has 1 aliphatic rings. The number of carbonyl (C=O) groups is 1. The van der Waals surface area contributed by atoms with Crippen LogP contribution in [-0.4, -0.2) is 17.3 Å². The number of hydrogen-bond donors (Lipinski definition) is 0. The second-order valence-corrected chi connectivity index (χ2v) is 7.39. The number of hydrogen-bond acceptors (Lipinski definition) is 3. The van der Waals surface area contributed by atoms with Crippen LogP contribution in [0, 0.1) is 5.92 Å². The molecule has 1 fully saturated rings. The molecule has 2 rings (SSSR count). The summed E-state index contributed by atoms with van der Waals surface area (Å²) in [6.07, 6.45) is 1.91. The second kappa shape index (κ2) is 7.20. The number of carbonyl (C=O) groups excluding carboxylic acids is 1. The van der Waals surface area contributed by atoms with Gasteiger partial charge in [0.25, 0.3) is 0 Å². The maximum Gasteiger partial charge on any atom is 0.130 e. The highest BCUT2D eigenvalue weighted by Crippen LogP contribution is 2.43. The van der Waals surface area contributed by atoms with E-state index in [1.807, 2.05) is 29.6 Å². The molecule has 1 aromatic carbocycles. The zero-order chi connectivity index (χ0) is 13.7. The minimum atomic E-state index is 0.271. The molecule has 1 unspecified atom stereocenters. The quantitative estimate of drug-likeness (QED) is 0.790. The van der Waals surface area contributed by atoms with Gasteiger partial charge in [0.15, 0.2) is 0 Å². The summed E-state index contributed by atoms with van der Waals surface area (Å²) in [5, 5.41) is 0. The third-order valence-corrected chi connectivity index (χ3v) is 5.80. The number of rotatable bonds is 4. The van der Waals surface area contributed by atoms with Gasteiger partial charge in [0.1, 0.15) is 5.78 Å². The summed E-state index contributed by atoms with van der Waals surface area (Å²) in [6, 6.07) is 10.5. The van der Waals surface area contributed by atoms with Gasteiger partial charge in [-0.2, -0.15) is 0 Å². The van der Waals surface area contributed by atoms with Gasteiger partial charge < -0.3 is 4.79 Å². The van der Waals surface area contributed by atoms with Gasteiger partial charge in [0.05, 0.1) is 0 Å². The standard InChI is InChI=1S/C16H20OS2/c1-12(11-13(2)17)15(14-7-4-3-5-8-14)16-18-9-6-10-19-16/h3-5,7-8,12H,6,9-11H2,1-2H3. The van der Waals surface area contributed by atoms with Crippen molar-refractivity contribution in [2.24, 2.45) is 5.92 Å². The Labute approximate surface area is 124 Å². The fraction of sp³-hybridized carbons (Fsp3) is 0.438. The van der Waals surface area contributed by atoms with Crippen LogP contribution in [0.15, 0.2) is 34.6 Å². The van der Waals surface area contributed by atoms with Gasteiger partial charge >= 0.3 is 0 Å². The Bertz CT molecular complexity index is 457. The second-order valence-electron chi connectivity index (χ2n) is 4.92. The van der Waals surface area contributed by atoms with Crippen LogP contribution in [-0.2, 0) is 4.79 Å². The Morgan fingerprint density at radius 1 is 1.21 bits per heavy atom. The van der Waals surface area contributed by atoms with Gasteiger partial charge in [-0.1, -0.05) is 37.3 Å². The zero-order valence-electron chi connectivity index (χ0n) is 11.5. The van der Waals surface area contributed by atoms with Crippen LogP contribution in [0.5, 0.6) is 0 Å². The highest BCUT2D eigenvalue weighted by atomic mass is 32.2. The van der Waals surface area contributed by atoms with E-state index in [0.29, 0.717) is 12.3 Å². The van der Waals surface area contributed by atoms with Gasteiger partial charge in [-0.3, -0.25) is 0 Å². The van der Waals surface area contributed by atoms with Crippen LogP contribution in [0.1, 0.15) is 32.3 Å². The molecule has 1 aromatic rings. The average Bonchev–Trinajstić information content (AvgIpc) is 2.40. The molecule has 1 saturated heterocycles. The number of allylic oxidation sites excluding steroid dienone is 1. The Balaban J connectivity index is 2.35. The zero-order valence-corrected chi connectivity index (χ0v) is 13.2. The molecule has 0 spiro atoms. The van der Waals surface area contributed by atoms with E-state index in [4.69, 9.17) is 0 Å². The number of ketones is 1. The van der Waals surface area contributed by atoms with Gasteiger partial charge in [0.2, 0.25) is 0 Å². The van der Waals surface area contributed by atoms with Crippen molar-refractivity contribution in [3.8, 4) is 0 Å². The van der Waals surface area contributed by atoms with Crippen LogP contribution < -0.4 is 0 Å². The maximum absolute atomic E-state index is 11.4. The van der Waals surface area contributed by atoms with Crippen molar-refractivity contribution in [2.75, 3.05) is 11.5 Å². The molecule has 0 N–H and O–H groups in total. The fourth-order valence-corrected chi connectivity index (χ4v) is 5.25. The smallest absolute Gasteiger partial charge is 0.130 e. The molecule has 0 saturated carbocycles. The van der Waals surface area contributed by atoms with Crippen molar-refractivity contribution < 1.29 is 4.79 Å². The van der Waals surface area contributed by atoms with Crippen molar-refractivity contribution in [3.05, 3.63) is 40.1 Å². The molecule has 0 aliphatic carbocycles. The van der Waals surface area contributed by atoms with E-state index in [0.717, 1.165) is 0 Å². The summed E-state index contributed by atoms with van der Waals surface area (Å²) < 4.78 is 1.42. The number of Topliss-reactive ketones (excluding diaryl/α,β-unsaturated/α-hetero) is 1. The third kappa shape index (κ3) is 4.15. The van der Waals surface area contributed by atoms with E-state index in [9.17, 15) is 4.79 Å². The van der Waals surface area contributed by atoms with Crippen molar-refractivity contribution >= 4 is 34.9 Å². The first kappa shape index (κ1) is 14.7. The molecule has 0 aromatic heterocycles. The van der Waals surface area contributed by atoms with E-state index in [2.05, 4.69) is 31.2 Å². The highest BCUT2D eigenvalue weighted by molar-refractivity contribution is 8.23. The summed E-state index contributed by atoms with van der Waals surface area (Å²) in [6.45, 7) is 3.86. The van der Waals surface area contributed by atoms with Crippen LogP contribution in [0.3, 0.4) is 0 Å². The van der Waals surface area contributed by atoms with E-state index < -0.39 is 0 Å². The Morgan fingerprint density at radius 2 is 1.84 bits per heavy atom. The lowest BCUT2D eigenvalue weighted by atomic mass is 9.91. The summed E-state index contributed by atoms with van der Waals surface area (Å²) >= 11 is 3.91. The van der Waals surface area contributed by atoms with Crippen molar-refractivity contribution in [2.45, 2.75) is 26.7 Å². The van der Waals surface area contributed by atoms with Crippen molar-refractivity contribution in [1.29, 1.82) is 0 Å². The molecule has 102 valence electrons. The first-order valence-electron chi connectivity index (χ1n) is 6.73. The Hall–Kier alpha value is -0.670. The predicted molar refractivity (Wildman–Crippen MR) is 87.4 cm³/mol. The van der Waals surface area contributed by atoms with E-state index >= 15 is 0 Å². The van der Waals surface area contributed by atoms with Crippen LogP contribution in [0.25, 0.3) is 5.57 Å². The van der Waals surface area contributed by atoms with E-state index in [1.165, 1.54) is 33.3 Å². The van der Waals surface area contributed by atoms with Gasteiger partial charge in [-0.15, -0.1) is 23.5 Å². The lowest BCUT2D eigenvalue weighted by Crippen LogP contribution is -2.07. The van der Waals surface area contributed by atoms with Crippen LogP contribution in [0.2, 0.25) is 0 Å². The molecule has 3 heteroatoms. The largest absolute Gasteiger partial charge is 0.300 e. The predicted octanol–water partition coefficient (Wildman–Crippen LogP) is 4.84. The normalized spacial score (nSPS) is 17.1. The average molecular weight is 292 g/mol. The third-order valence-electron chi connectivity index (χ3n) is 3.15. The molecule has 1 aliphatic heterocycles. The van der Waals surface area contributed by atoms with E-state index in [-0.39, 0.29) is 5.78 Å². The van der Waals surface area contributed by atoms with Gasteiger partial charge in [-0.25, -0.2) is 0 Å². The SMILES string of the molecule is CC(=O)CC(C)C(=C1SCCCS1)c1ccccc1. The summed E-state index contributed by atoms with van der Waals surface area (Å²) in [4.78, 5) is 11.4. The Morgan fingerprint density at radius 3 is 2.42 bits per heavy atom.